The van der Waals surface area contributed by atoms with E-state index in [-0.39, 0.29) is 6.61 Å². The van der Waals surface area contributed by atoms with Gasteiger partial charge < -0.3 is 9.84 Å². The number of aliphatic hydroxyl groups is 1. The summed E-state index contributed by atoms with van der Waals surface area (Å²) in [5.41, 5.74) is 2.13. The van der Waals surface area contributed by atoms with E-state index in [1.807, 2.05) is 24.3 Å². The maximum atomic E-state index is 8.71. The van der Waals surface area contributed by atoms with Crippen molar-refractivity contribution >= 4 is 0 Å². The van der Waals surface area contributed by atoms with Crippen LogP contribution in [0.25, 0.3) is 0 Å². The van der Waals surface area contributed by atoms with Gasteiger partial charge in [-0.2, -0.15) is 0 Å². The molecule has 2 nitrogen and oxygen atoms in total. The molecule has 2 heteroatoms. The molecule has 0 aromatic heterocycles. The first kappa shape index (κ1) is 14.8. The van der Waals surface area contributed by atoms with Crippen LogP contribution in [0.5, 0.6) is 0 Å². The lowest BCUT2D eigenvalue weighted by atomic mass is 10.1. The summed E-state index contributed by atoms with van der Waals surface area (Å²) in [6.45, 7) is 3.73. The lowest BCUT2D eigenvalue weighted by Gasteiger charge is -2.06. The van der Waals surface area contributed by atoms with Crippen LogP contribution in [0.3, 0.4) is 0 Å². The standard InChI is InChI=1S/C16H22O2/c1-2-3-8-13-18-14-16-11-5-4-9-15(16)10-6-7-12-17/h4-5,9,11,17H,2-3,7-8,12-14H2,1H3. The molecule has 0 aliphatic carbocycles. The Morgan fingerprint density at radius 3 is 2.83 bits per heavy atom. The summed E-state index contributed by atoms with van der Waals surface area (Å²) >= 11 is 0. The zero-order valence-corrected chi connectivity index (χ0v) is 11.1. The Hall–Kier alpha value is -1.30. The van der Waals surface area contributed by atoms with Gasteiger partial charge in [-0.3, -0.25) is 0 Å². The average molecular weight is 246 g/mol. The molecule has 0 aliphatic heterocycles. The molecule has 18 heavy (non-hydrogen) atoms. The Labute approximate surface area is 110 Å². The van der Waals surface area contributed by atoms with Gasteiger partial charge in [-0.1, -0.05) is 49.8 Å². The molecule has 0 radical (unpaired) electrons. The van der Waals surface area contributed by atoms with Crippen molar-refractivity contribution in [1.82, 2.24) is 0 Å². The van der Waals surface area contributed by atoms with Crippen molar-refractivity contribution in [2.24, 2.45) is 0 Å². The predicted molar refractivity (Wildman–Crippen MR) is 74.2 cm³/mol. The van der Waals surface area contributed by atoms with Crippen LogP contribution in [0, 0.1) is 11.8 Å². The van der Waals surface area contributed by atoms with E-state index in [1.54, 1.807) is 0 Å². The van der Waals surface area contributed by atoms with Crippen LogP contribution < -0.4 is 0 Å². The zero-order valence-electron chi connectivity index (χ0n) is 11.1. The van der Waals surface area contributed by atoms with Crippen molar-refractivity contribution in [2.45, 2.75) is 39.2 Å². The van der Waals surface area contributed by atoms with Gasteiger partial charge >= 0.3 is 0 Å². The van der Waals surface area contributed by atoms with E-state index in [4.69, 9.17) is 9.84 Å². The first-order valence-electron chi connectivity index (χ1n) is 6.64. The van der Waals surface area contributed by atoms with E-state index in [1.165, 1.54) is 12.8 Å². The smallest absolute Gasteiger partial charge is 0.0728 e. The Morgan fingerprint density at radius 1 is 1.22 bits per heavy atom. The second kappa shape index (κ2) is 9.70. The average Bonchev–Trinajstić information content (AvgIpc) is 2.40. The van der Waals surface area contributed by atoms with Crippen LogP contribution in [-0.2, 0) is 11.3 Å². The third-order valence-corrected chi connectivity index (χ3v) is 2.63. The van der Waals surface area contributed by atoms with Gasteiger partial charge in [0, 0.05) is 18.6 Å². The molecule has 1 N–H and O–H groups in total. The molecule has 1 aromatic carbocycles. The highest BCUT2D eigenvalue weighted by molar-refractivity contribution is 5.40. The molecule has 98 valence electrons. The lowest BCUT2D eigenvalue weighted by Crippen LogP contribution is -1.97. The van der Waals surface area contributed by atoms with Crippen molar-refractivity contribution in [1.29, 1.82) is 0 Å². The largest absolute Gasteiger partial charge is 0.395 e. The minimum atomic E-state index is 0.114. The highest BCUT2D eigenvalue weighted by atomic mass is 16.5. The molecule has 0 atom stereocenters. The fraction of sp³-hybridized carbons (Fsp3) is 0.500. The van der Waals surface area contributed by atoms with Crippen molar-refractivity contribution in [3.05, 3.63) is 35.4 Å². The SMILES string of the molecule is CCCCCOCc1ccccc1C#CCCO. The molecule has 0 unspecified atom stereocenters. The van der Waals surface area contributed by atoms with Crippen LogP contribution in [0.4, 0.5) is 0 Å². The molecule has 0 amide bonds. The quantitative estimate of drug-likeness (QED) is 0.591. The van der Waals surface area contributed by atoms with E-state index in [0.717, 1.165) is 24.2 Å². The van der Waals surface area contributed by atoms with Crippen molar-refractivity contribution < 1.29 is 9.84 Å². The van der Waals surface area contributed by atoms with Crippen LogP contribution in [-0.4, -0.2) is 18.3 Å². The molecule has 0 bridgehead atoms. The van der Waals surface area contributed by atoms with Gasteiger partial charge in [0.15, 0.2) is 0 Å². The predicted octanol–water partition coefficient (Wildman–Crippen LogP) is 3.13. The molecule has 0 spiro atoms. The van der Waals surface area contributed by atoms with Gasteiger partial charge in [-0.25, -0.2) is 0 Å². The van der Waals surface area contributed by atoms with Gasteiger partial charge in [0.1, 0.15) is 0 Å². The molecular weight excluding hydrogens is 224 g/mol. The summed E-state index contributed by atoms with van der Waals surface area (Å²) in [5, 5.41) is 8.71. The van der Waals surface area contributed by atoms with Crippen molar-refractivity contribution in [3.63, 3.8) is 0 Å². The van der Waals surface area contributed by atoms with Crippen LogP contribution in [0.1, 0.15) is 43.7 Å². The molecule has 0 aliphatic rings. The molecule has 0 saturated carbocycles. The third kappa shape index (κ3) is 5.86. The summed E-state index contributed by atoms with van der Waals surface area (Å²) in [6.07, 6.45) is 4.07. The summed E-state index contributed by atoms with van der Waals surface area (Å²) in [5.74, 6) is 6.02. The van der Waals surface area contributed by atoms with Gasteiger partial charge in [0.2, 0.25) is 0 Å². The number of ether oxygens (including phenoxy) is 1. The summed E-state index contributed by atoms with van der Waals surface area (Å²) in [6, 6.07) is 8.02. The highest BCUT2D eigenvalue weighted by Gasteiger charge is 1.98. The number of aliphatic hydroxyl groups excluding tert-OH is 1. The minimum Gasteiger partial charge on any atom is -0.395 e. The van der Waals surface area contributed by atoms with Gasteiger partial charge in [0.05, 0.1) is 13.2 Å². The third-order valence-electron chi connectivity index (χ3n) is 2.63. The number of rotatable bonds is 7. The number of benzene rings is 1. The molecule has 0 heterocycles. The molecular formula is C16H22O2. The number of unbranched alkanes of at least 4 members (excludes halogenated alkanes) is 2. The van der Waals surface area contributed by atoms with E-state index in [0.29, 0.717) is 13.0 Å². The Morgan fingerprint density at radius 2 is 2.06 bits per heavy atom. The minimum absolute atomic E-state index is 0.114. The normalized spacial score (nSPS) is 9.89. The van der Waals surface area contributed by atoms with Gasteiger partial charge in [-0.15, -0.1) is 0 Å². The van der Waals surface area contributed by atoms with E-state index >= 15 is 0 Å². The monoisotopic (exact) mass is 246 g/mol. The molecule has 0 saturated heterocycles. The Kier molecular flexibility index (Phi) is 7.96. The first-order valence-corrected chi connectivity index (χ1v) is 6.64. The second-order valence-corrected chi connectivity index (χ2v) is 4.19. The Balaban J connectivity index is 2.47. The van der Waals surface area contributed by atoms with Crippen molar-refractivity contribution in [3.8, 4) is 11.8 Å². The maximum absolute atomic E-state index is 8.71. The highest BCUT2D eigenvalue weighted by Crippen LogP contribution is 2.09. The maximum Gasteiger partial charge on any atom is 0.0728 e. The lowest BCUT2D eigenvalue weighted by molar-refractivity contribution is 0.117. The summed E-state index contributed by atoms with van der Waals surface area (Å²) in [4.78, 5) is 0. The Bertz CT molecular complexity index is 388. The zero-order chi connectivity index (χ0) is 13.1. The van der Waals surface area contributed by atoms with Gasteiger partial charge in [0.25, 0.3) is 0 Å². The second-order valence-electron chi connectivity index (χ2n) is 4.19. The van der Waals surface area contributed by atoms with E-state index in [9.17, 15) is 0 Å². The molecule has 1 rings (SSSR count). The van der Waals surface area contributed by atoms with Gasteiger partial charge in [-0.05, 0) is 18.1 Å². The summed E-state index contributed by atoms with van der Waals surface area (Å²) in [7, 11) is 0. The fourth-order valence-electron chi connectivity index (χ4n) is 1.62. The van der Waals surface area contributed by atoms with Crippen LogP contribution >= 0.6 is 0 Å². The van der Waals surface area contributed by atoms with Crippen LogP contribution in [0.15, 0.2) is 24.3 Å². The van der Waals surface area contributed by atoms with E-state index < -0.39 is 0 Å². The topological polar surface area (TPSA) is 29.5 Å². The molecule has 0 fully saturated rings. The number of hydrogen-bond acceptors (Lipinski definition) is 2. The number of hydrogen-bond donors (Lipinski definition) is 1. The first-order chi connectivity index (χ1) is 8.88. The van der Waals surface area contributed by atoms with Crippen LogP contribution in [0.2, 0.25) is 0 Å². The fourth-order valence-corrected chi connectivity index (χ4v) is 1.62. The van der Waals surface area contributed by atoms with E-state index in [2.05, 4.69) is 18.8 Å². The van der Waals surface area contributed by atoms with Crippen molar-refractivity contribution in [2.75, 3.05) is 13.2 Å². The molecule has 1 aromatic rings. The summed E-state index contributed by atoms with van der Waals surface area (Å²) < 4.78 is 5.65.